The van der Waals surface area contributed by atoms with E-state index in [4.69, 9.17) is 11.5 Å². The van der Waals surface area contributed by atoms with Crippen LogP contribution in [-0.4, -0.2) is 25.0 Å². The van der Waals surface area contributed by atoms with E-state index >= 15 is 0 Å². The third kappa shape index (κ3) is 3.92. The molecule has 0 atom stereocenters. The fourth-order valence-corrected chi connectivity index (χ4v) is 5.22. The molecule has 4 N–H and O–H groups in total. The Hall–Kier alpha value is -0.560. The monoisotopic (exact) mass is 382 g/mol. The Labute approximate surface area is 155 Å². The van der Waals surface area contributed by atoms with Crippen LogP contribution in [0.15, 0.2) is 43.8 Å². The molecule has 0 fully saturated rings. The van der Waals surface area contributed by atoms with Gasteiger partial charge < -0.3 is 11.5 Å². The third-order valence-corrected chi connectivity index (χ3v) is 7.08. The lowest BCUT2D eigenvalue weighted by Gasteiger charge is -2.17. The molecule has 0 amide bonds. The van der Waals surface area contributed by atoms with Crippen LogP contribution >= 0.6 is 47.0 Å². The molecule has 0 radical (unpaired) electrons. The summed E-state index contributed by atoms with van der Waals surface area (Å²) in [6, 6.07) is 8.62. The lowest BCUT2D eigenvalue weighted by Crippen LogP contribution is -2.01. The first-order valence-corrected chi connectivity index (χ1v) is 12.0. The summed E-state index contributed by atoms with van der Waals surface area (Å²) in [5.41, 5.74) is 17.0. The van der Waals surface area contributed by atoms with E-state index in [0.29, 0.717) is 0 Å². The first kappa shape index (κ1) is 18.8. The summed E-state index contributed by atoms with van der Waals surface area (Å²) in [6.45, 7) is 0. The molecule has 0 aliphatic carbocycles. The van der Waals surface area contributed by atoms with Crippen molar-refractivity contribution in [3.8, 4) is 0 Å². The molecule has 2 aromatic rings. The fourth-order valence-electron chi connectivity index (χ4n) is 2.57. The van der Waals surface area contributed by atoms with Gasteiger partial charge in [0, 0.05) is 19.6 Å². The Bertz CT molecular complexity index is 642. The third-order valence-electron chi connectivity index (χ3n) is 3.70. The van der Waals surface area contributed by atoms with Crippen molar-refractivity contribution in [1.82, 2.24) is 0 Å². The number of anilines is 2. The normalized spacial score (nSPS) is 11.0. The SMILES string of the molecule is CSc1ccc(Cc2ccc(SC)c(N)c2SC)c(SC)c1N. The van der Waals surface area contributed by atoms with E-state index in [9.17, 15) is 0 Å². The van der Waals surface area contributed by atoms with Crippen LogP contribution in [0.25, 0.3) is 0 Å². The van der Waals surface area contributed by atoms with Crippen LogP contribution in [0.3, 0.4) is 0 Å². The second-order valence-corrected chi connectivity index (χ2v) is 8.25. The number of benzene rings is 2. The fraction of sp³-hybridized carbons (Fsp3) is 0.294. The zero-order valence-corrected chi connectivity index (χ0v) is 17.1. The van der Waals surface area contributed by atoms with Crippen molar-refractivity contribution in [1.29, 1.82) is 0 Å². The highest BCUT2D eigenvalue weighted by Crippen LogP contribution is 2.39. The highest BCUT2D eigenvalue weighted by molar-refractivity contribution is 8.00. The number of rotatable bonds is 6. The van der Waals surface area contributed by atoms with Crippen LogP contribution in [-0.2, 0) is 6.42 Å². The lowest BCUT2D eigenvalue weighted by molar-refractivity contribution is 1.07. The average Bonchev–Trinajstić information content (AvgIpc) is 2.56. The molecular weight excluding hydrogens is 360 g/mol. The minimum absolute atomic E-state index is 0.851. The van der Waals surface area contributed by atoms with Gasteiger partial charge in [0.2, 0.25) is 0 Å². The molecule has 2 rings (SSSR count). The maximum atomic E-state index is 6.33. The van der Waals surface area contributed by atoms with Crippen molar-refractivity contribution in [2.45, 2.75) is 26.0 Å². The van der Waals surface area contributed by atoms with Crippen LogP contribution in [0.5, 0.6) is 0 Å². The minimum Gasteiger partial charge on any atom is -0.397 e. The number of hydrogen-bond acceptors (Lipinski definition) is 6. The van der Waals surface area contributed by atoms with Gasteiger partial charge in [-0.3, -0.25) is 0 Å². The van der Waals surface area contributed by atoms with Crippen molar-refractivity contribution < 1.29 is 0 Å². The van der Waals surface area contributed by atoms with Gasteiger partial charge in [-0.05, 0) is 54.7 Å². The highest BCUT2D eigenvalue weighted by atomic mass is 32.2. The predicted molar refractivity (Wildman–Crippen MR) is 112 cm³/mol. The van der Waals surface area contributed by atoms with E-state index < -0.39 is 0 Å². The van der Waals surface area contributed by atoms with Crippen LogP contribution in [0.1, 0.15) is 11.1 Å². The molecule has 6 heteroatoms. The summed E-state index contributed by atoms with van der Waals surface area (Å²) < 4.78 is 0. The number of thioether (sulfide) groups is 4. The quantitative estimate of drug-likeness (QED) is 0.520. The van der Waals surface area contributed by atoms with Gasteiger partial charge in [-0.1, -0.05) is 12.1 Å². The van der Waals surface area contributed by atoms with E-state index in [-0.39, 0.29) is 0 Å². The molecule has 23 heavy (non-hydrogen) atoms. The Kier molecular flexibility index (Phi) is 6.95. The zero-order valence-electron chi connectivity index (χ0n) is 13.8. The molecule has 0 aromatic heterocycles. The first-order chi connectivity index (χ1) is 11.1. The van der Waals surface area contributed by atoms with Gasteiger partial charge in [0.25, 0.3) is 0 Å². The highest BCUT2D eigenvalue weighted by Gasteiger charge is 2.14. The molecule has 0 aliphatic heterocycles. The zero-order chi connectivity index (χ0) is 17.0. The summed E-state index contributed by atoms with van der Waals surface area (Å²) in [5, 5.41) is 0. The molecule has 0 aliphatic rings. The molecule has 124 valence electrons. The maximum Gasteiger partial charge on any atom is 0.0593 e. The minimum atomic E-state index is 0.851. The summed E-state index contributed by atoms with van der Waals surface area (Å²) in [4.78, 5) is 4.63. The molecule has 0 unspecified atom stereocenters. The Morgan fingerprint density at radius 1 is 0.652 bits per heavy atom. The first-order valence-electron chi connectivity index (χ1n) is 7.06. The van der Waals surface area contributed by atoms with E-state index in [0.717, 1.165) is 27.6 Å². The largest absolute Gasteiger partial charge is 0.397 e. The van der Waals surface area contributed by atoms with Gasteiger partial charge in [0.1, 0.15) is 0 Å². The van der Waals surface area contributed by atoms with Crippen LogP contribution in [0.2, 0.25) is 0 Å². The molecule has 0 heterocycles. The van der Waals surface area contributed by atoms with Gasteiger partial charge in [0.05, 0.1) is 11.4 Å². The molecule has 0 saturated carbocycles. The Balaban J connectivity index is 2.47. The van der Waals surface area contributed by atoms with E-state index in [1.807, 2.05) is 0 Å². The van der Waals surface area contributed by atoms with Gasteiger partial charge in [0.15, 0.2) is 0 Å². The summed E-state index contributed by atoms with van der Waals surface area (Å²) in [6.07, 6.45) is 9.14. The van der Waals surface area contributed by atoms with Crippen molar-refractivity contribution in [2.75, 3.05) is 36.5 Å². The van der Waals surface area contributed by atoms with Gasteiger partial charge >= 0.3 is 0 Å². The van der Waals surface area contributed by atoms with Crippen LogP contribution < -0.4 is 11.5 Å². The van der Waals surface area contributed by atoms with Crippen LogP contribution in [0.4, 0.5) is 11.4 Å². The summed E-state index contributed by atoms with van der Waals surface area (Å²) >= 11 is 6.81. The van der Waals surface area contributed by atoms with E-state index in [1.165, 1.54) is 20.9 Å². The van der Waals surface area contributed by atoms with Gasteiger partial charge in [-0.15, -0.1) is 47.0 Å². The lowest BCUT2D eigenvalue weighted by atomic mass is 10.0. The maximum absolute atomic E-state index is 6.33. The molecule has 2 aromatic carbocycles. The molecular formula is C17H22N2S4. The van der Waals surface area contributed by atoms with E-state index in [2.05, 4.69) is 49.3 Å². The van der Waals surface area contributed by atoms with Crippen molar-refractivity contribution in [3.05, 3.63) is 35.4 Å². The summed E-state index contributed by atoms with van der Waals surface area (Å²) in [5.74, 6) is 0. The number of hydrogen-bond donors (Lipinski definition) is 2. The topological polar surface area (TPSA) is 52.0 Å². The van der Waals surface area contributed by atoms with Gasteiger partial charge in [-0.25, -0.2) is 0 Å². The van der Waals surface area contributed by atoms with Crippen LogP contribution in [0, 0.1) is 0 Å². The number of nitrogens with two attached hydrogens (primary N) is 2. The smallest absolute Gasteiger partial charge is 0.0593 e. The average molecular weight is 383 g/mol. The molecule has 0 bridgehead atoms. The van der Waals surface area contributed by atoms with E-state index in [1.54, 1.807) is 47.0 Å². The molecule has 0 saturated heterocycles. The standard InChI is InChI=1S/C17H22N2S4/c1-20-12-7-5-10(16(22-3)14(12)18)9-11-6-8-13(21-2)15(19)17(11)23-4/h5-8H,9,18-19H2,1-4H3. The van der Waals surface area contributed by atoms with Crippen molar-refractivity contribution in [3.63, 3.8) is 0 Å². The number of nitrogen functional groups attached to an aromatic ring is 2. The Morgan fingerprint density at radius 2 is 1.04 bits per heavy atom. The Morgan fingerprint density at radius 3 is 1.35 bits per heavy atom. The predicted octanol–water partition coefficient (Wildman–Crippen LogP) is 5.33. The van der Waals surface area contributed by atoms with Crippen molar-refractivity contribution in [2.24, 2.45) is 0 Å². The van der Waals surface area contributed by atoms with Crippen molar-refractivity contribution >= 4 is 58.4 Å². The molecule has 0 spiro atoms. The van der Waals surface area contributed by atoms with Gasteiger partial charge in [-0.2, -0.15) is 0 Å². The second-order valence-electron chi connectivity index (χ2n) is 4.92. The molecule has 2 nitrogen and oxygen atoms in total. The second kappa shape index (κ2) is 8.51. The summed E-state index contributed by atoms with van der Waals surface area (Å²) in [7, 11) is 0.